The lowest BCUT2D eigenvalue weighted by Crippen LogP contribution is -2.49. The molecule has 1 saturated heterocycles. The number of nitrogens with zero attached hydrogens (tertiary/aromatic N) is 6. The highest BCUT2D eigenvalue weighted by atomic mass is 19.1. The monoisotopic (exact) mass is 386 g/mol. The molecule has 28 heavy (non-hydrogen) atoms. The topological polar surface area (TPSA) is 95.1 Å². The van der Waals surface area contributed by atoms with Crippen LogP contribution in [0.4, 0.5) is 4.39 Å². The zero-order valence-electron chi connectivity index (χ0n) is 15.4. The summed E-state index contributed by atoms with van der Waals surface area (Å²) in [5.41, 5.74) is 0.145. The smallest absolute Gasteiger partial charge is 0.284 e. The maximum absolute atomic E-state index is 13.5. The van der Waals surface area contributed by atoms with Gasteiger partial charge in [-0.15, -0.1) is 5.10 Å². The van der Waals surface area contributed by atoms with E-state index < -0.39 is 11.4 Å². The lowest BCUT2D eigenvalue weighted by Gasteiger charge is -2.35. The molecule has 2 atom stereocenters. The van der Waals surface area contributed by atoms with E-state index in [9.17, 15) is 14.0 Å². The number of morpholine rings is 1. The number of amides is 1. The van der Waals surface area contributed by atoms with Crippen LogP contribution in [-0.4, -0.2) is 60.6 Å². The van der Waals surface area contributed by atoms with Crippen molar-refractivity contribution in [2.24, 2.45) is 0 Å². The van der Waals surface area contributed by atoms with Gasteiger partial charge in [0, 0.05) is 13.1 Å². The number of carbonyl (C=O) groups is 1. The van der Waals surface area contributed by atoms with Crippen molar-refractivity contribution in [1.82, 2.24) is 29.4 Å². The van der Waals surface area contributed by atoms with Crippen LogP contribution in [-0.2, 0) is 16.1 Å². The molecule has 0 N–H and O–H groups in total. The van der Waals surface area contributed by atoms with Gasteiger partial charge in [-0.1, -0.05) is 11.3 Å². The summed E-state index contributed by atoms with van der Waals surface area (Å²) in [6, 6.07) is 5.74. The van der Waals surface area contributed by atoms with E-state index in [0.29, 0.717) is 18.8 Å². The van der Waals surface area contributed by atoms with E-state index in [2.05, 4.69) is 15.3 Å². The number of fused-ring (bicyclic) bond motifs is 1. The number of hydrogen-bond acceptors (Lipinski definition) is 6. The number of aromatic nitrogens is 5. The number of rotatable bonds is 3. The third-order valence-electron chi connectivity index (χ3n) is 4.56. The summed E-state index contributed by atoms with van der Waals surface area (Å²) in [7, 11) is 0. The van der Waals surface area contributed by atoms with E-state index in [1.807, 2.05) is 13.8 Å². The van der Waals surface area contributed by atoms with Gasteiger partial charge in [-0.25, -0.2) is 9.37 Å². The first-order valence-corrected chi connectivity index (χ1v) is 8.92. The van der Waals surface area contributed by atoms with E-state index in [4.69, 9.17) is 4.74 Å². The summed E-state index contributed by atoms with van der Waals surface area (Å²) < 4.78 is 21.6. The van der Waals surface area contributed by atoms with Crippen LogP contribution >= 0.6 is 0 Å². The van der Waals surface area contributed by atoms with Crippen molar-refractivity contribution in [1.29, 1.82) is 0 Å². The first kappa shape index (κ1) is 18.2. The minimum atomic E-state index is -0.477. The van der Waals surface area contributed by atoms with Crippen molar-refractivity contribution < 1.29 is 13.9 Å². The van der Waals surface area contributed by atoms with Gasteiger partial charge in [-0.05, 0) is 32.0 Å². The Hall–Kier alpha value is -3.14. The van der Waals surface area contributed by atoms with Gasteiger partial charge in [0.2, 0.25) is 5.91 Å². The van der Waals surface area contributed by atoms with E-state index >= 15 is 0 Å². The van der Waals surface area contributed by atoms with Crippen LogP contribution in [0, 0.1) is 5.82 Å². The molecule has 3 aromatic rings. The average Bonchev–Trinajstić information content (AvgIpc) is 3.08. The Morgan fingerprint density at radius 3 is 2.75 bits per heavy atom. The van der Waals surface area contributed by atoms with Gasteiger partial charge in [-0.3, -0.25) is 14.2 Å². The lowest BCUT2D eigenvalue weighted by atomic mass is 10.2. The predicted molar refractivity (Wildman–Crippen MR) is 97.5 cm³/mol. The molecule has 1 fully saturated rings. The largest absolute Gasteiger partial charge is 0.372 e. The maximum atomic E-state index is 13.5. The lowest BCUT2D eigenvalue weighted by molar-refractivity contribution is -0.143. The van der Waals surface area contributed by atoms with E-state index in [-0.39, 0.29) is 35.8 Å². The number of ether oxygens (including phenoxy) is 1. The highest BCUT2D eigenvalue weighted by Crippen LogP contribution is 2.14. The number of hydrogen-bond donors (Lipinski definition) is 0. The molecule has 1 aromatic carbocycles. The minimum Gasteiger partial charge on any atom is -0.372 e. The van der Waals surface area contributed by atoms with Crippen molar-refractivity contribution in [3.8, 4) is 5.69 Å². The number of halogens is 1. The Bertz CT molecular complexity index is 1080. The van der Waals surface area contributed by atoms with Gasteiger partial charge in [-0.2, -0.15) is 4.68 Å². The predicted octanol–water partition coefficient (Wildman–Crippen LogP) is 0.752. The summed E-state index contributed by atoms with van der Waals surface area (Å²) in [6.07, 6.45) is 1.17. The van der Waals surface area contributed by atoms with Crippen molar-refractivity contribution in [3.63, 3.8) is 0 Å². The quantitative estimate of drug-likeness (QED) is 0.659. The van der Waals surface area contributed by atoms with Gasteiger partial charge >= 0.3 is 0 Å². The Labute approximate surface area is 159 Å². The summed E-state index contributed by atoms with van der Waals surface area (Å²) in [5, 5.41) is 7.79. The standard InChI is InChI=1S/C18H19FN6O3/c1-11-7-23(8-12(2)28-11)15(26)9-24-10-20-17-16(18(24)27)21-22-25(17)14-5-3-4-13(19)6-14/h3-6,10-12H,7-9H2,1-2H3. The second-order valence-corrected chi connectivity index (χ2v) is 6.89. The van der Waals surface area contributed by atoms with Gasteiger partial charge in [0.15, 0.2) is 11.2 Å². The second kappa shape index (κ2) is 7.12. The molecule has 2 unspecified atom stereocenters. The molecule has 1 aliphatic rings. The minimum absolute atomic E-state index is 0.0169. The molecule has 0 saturated carbocycles. The molecular formula is C18H19FN6O3. The van der Waals surface area contributed by atoms with Crippen molar-refractivity contribution in [3.05, 3.63) is 46.8 Å². The van der Waals surface area contributed by atoms with Gasteiger partial charge in [0.1, 0.15) is 18.7 Å². The fourth-order valence-corrected chi connectivity index (χ4v) is 3.37. The maximum Gasteiger partial charge on any atom is 0.284 e. The Morgan fingerprint density at radius 2 is 2.04 bits per heavy atom. The van der Waals surface area contributed by atoms with Crippen molar-refractivity contribution in [2.75, 3.05) is 13.1 Å². The Balaban J connectivity index is 1.62. The molecule has 146 valence electrons. The number of benzene rings is 1. The van der Waals surface area contributed by atoms with Crippen LogP contribution < -0.4 is 5.56 Å². The molecule has 9 nitrogen and oxygen atoms in total. The van der Waals surface area contributed by atoms with Crippen molar-refractivity contribution >= 4 is 17.1 Å². The molecule has 1 aliphatic heterocycles. The van der Waals surface area contributed by atoms with Crippen LogP contribution in [0.25, 0.3) is 16.9 Å². The molecule has 0 aliphatic carbocycles. The first-order valence-electron chi connectivity index (χ1n) is 8.92. The molecule has 3 heterocycles. The zero-order valence-corrected chi connectivity index (χ0v) is 15.4. The zero-order chi connectivity index (χ0) is 19.8. The highest BCUT2D eigenvalue weighted by molar-refractivity contribution is 5.77. The molecule has 0 bridgehead atoms. The molecule has 2 aromatic heterocycles. The Morgan fingerprint density at radius 1 is 1.29 bits per heavy atom. The third kappa shape index (κ3) is 3.38. The normalized spacial score (nSPS) is 19.9. The van der Waals surface area contributed by atoms with Crippen LogP contribution in [0.2, 0.25) is 0 Å². The van der Waals surface area contributed by atoms with E-state index in [1.165, 1.54) is 33.8 Å². The molecular weight excluding hydrogens is 367 g/mol. The molecule has 0 spiro atoms. The van der Waals surface area contributed by atoms with Gasteiger partial charge < -0.3 is 9.64 Å². The van der Waals surface area contributed by atoms with Crippen LogP contribution in [0.1, 0.15) is 13.8 Å². The molecule has 0 radical (unpaired) electrons. The number of carbonyl (C=O) groups excluding carboxylic acids is 1. The Kier molecular flexibility index (Phi) is 4.63. The molecule has 4 rings (SSSR count). The van der Waals surface area contributed by atoms with Crippen LogP contribution in [0.3, 0.4) is 0 Å². The summed E-state index contributed by atoms with van der Waals surface area (Å²) in [6.45, 7) is 4.61. The summed E-state index contributed by atoms with van der Waals surface area (Å²) in [5.74, 6) is -0.628. The van der Waals surface area contributed by atoms with Gasteiger partial charge in [0.25, 0.3) is 5.56 Å². The van der Waals surface area contributed by atoms with E-state index in [1.54, 1.807) is 11.0 Å². The van der Waals surface area contributed by atoms with Crippen molar-refractivity contribution in [2.45, 2.75) is 32.6 Å². The van der Waals surface area contributed by atoms with Crippen LogP contribution in [0.5, 0.6) is 0 Å². The van der Waals surface area contributed by atoms with Gasteiger partial charge in [0.05, 0.1) is 17.9 Å². The SMILES string of the molecule is CC1CN(C(=O)Cn2cnc3c(nnn3-c3cccc(F)c3)c2=O)CC(C)O1. The summed E-state index contributed by atoms with van der Waals surface area (Å²) >= 11 is 0. The molecule has 1 amide bonds. The first-order chi connectivity index (χ1) is 13.4. The molecule has 10 heteroatoms. The van der Waals surface area contributed by atoms with E-state index in [0.717, 1.165) is 0 Å². The fourth-order valence-electron chi connectivity index (χ4n) is 3.37. The summed E-state index contributed by atoms with van der Waals surface area (Å²) in [4.78, 5) is 31.2. The average molecular weight is 386 g/mol. The fraction of sp³-hybridized carbons (Fsp3) is 0.389. The second-order valence-electron chi connectivity index (χ2n) is 6.89. The third-order valence-corrected chi connectivity index (χ3v) is 4.56. The highest BCUT2D eigenvalue weighted by Gasteiger charge is 2.26. The van der Waals surface area contributed by atoms with Crippen LogP contribution in [0.15, 0.2) is 35.4 Å².